The summed E-state index contributed by atoms with van der Waals surface area (Å²) < 4.78 is 9.66. The minimum atomic E-state index is 0.122. The average Bonchev–Trinajstić information content (AvgIpc) is 2.37. The topological polar surface area (TPSA) is 100 Å². The minimum Gasteiger partial charge on any atom is -0.370 e. The van der Waals surface area contributed by atoms with Crippen LogP contribution in [-0.2, 0) is 11.3 Å². The lowest BCUT2D eigenvalue weighted by Gasteiger charge is -1.94. The molecule has 4 N–H and O–H groups in total. The molecule has 0 radical (unpaired) electrons. The molecule has 0 saturated carbocycles. The number of nitrogens with zero attached hydrogens (tertiary/aromatic N) is 2. The number of anilines is 1. The van der Waals surface area contributed by atoms with E-state index in [-0.39, 0.29) is 12.6 Å². The quantitative estimate of drug-likeness (QED) is 0.552. The van der Waals surface area contributed by atoms with Gasteiger partial charge in [0.05, 0.1) is 6.61 Å². The third-order valence-corrected chi connectivity index (χ3v) is 0.972. The molecule has 0 bridgehead atoms. The maximum Gasteiger partial charge on any atom is 0.260 e. The van der Waals surface area contributed by atoms with Crippen LogP contribution in [0.25, 0.3) is 0 Å². The van der Waals surface area contributed by atoms with Crippen molar-refractivity contribution in [3.63, 3.8) is 0 Å². The van der Waals surface area contributed by atoms with Gasteiger partial charge in [0, 0.05) is 6.54 Å². The Bertz CT molecular complexity index is 212. The maximum absolute atomic E-state index is 5.19. The van der Waals surface area contributed by atoms with Gasteiger partial charge in [-0.25, -0.2) is 0 Å². The van der Waals surface area contributed by atoms with Crippen molar-refractivity contribution in [3.8, 4) is 0 Å². The normalized spacial score (nSPS) is 10.3. The van der Waals surface area contributed by atoms with Crippen LogP contribution in [0.2, 0.25) is 0 Å². The summed E-state index contributed by atoms with van der Waals surface area (Å²) in [7, 11) is 0. The largest absolute Gasteiger partial charge is 0.370 e. The van der Waals surface area contributed by atoms with Crippen molar-refractivity contribution in [1.82, 2.24) is 10.1 Å². The Hall–Kier alpha value is -1.14. The molecule has 1 heterocycles. The molecule has 0 fully saturated rings. The molecular formula is C5H10N4O2. The number of hydrogen-bond acceptors (Lipinski definition) is 6. The predicted molar refractivity (Wildman–Crippen MR) is 37.4 cm³/mol. The van der Waals surface area contributed by atoms with E-state index in [1.54, 1.807) is 0 Å². The van der Waals surface area contributed by atoms with Crippen molar-refractivity contribution < 1.29 is 9.26 Å². The van der Waals surface area contributed by atoms with Crippen LogP contribution in [0.4, 0.5) is 5.95 Å². The van der Waals surface area contributed by atoms with Crippen molar-refractivity contribution in [2.45, 2.75) is 6.61 Å². The van der Waals surface area contributed by atoms with E-state index >= 15 is 0 Å². The minimum absolute atomic E-state index is 0.122. The van der Waals surface area contributed by atoms with Gasteiger partial charge in [0.25, 0.3) is 11.8 Å². The number of aromatic nitrogens is 2. The first kappa shape index (κ1) is 7.96. The van der Waals surface area contributed by atoms with Gasteiger partial charge in [-0.3, -0.25) is 0 Å². The van der Waals surface area contributed by atoms with Crippen LogP contribution in [0.1, 0.15) is 5.89 Å². The Morgan fingerprint density at radius 2 is 2.36 bits per heavy atom. The van der Waals surface area contributed by atoms with Crippen LogP contribution in [-0.4, -0.2) is 23.3 Å². The van der Waals surface area contributed by atoms with Crippen molar-refractivity contribution in [1.29, 1.82) is 0 Å². The zero-order valence-corrected chi connectivity index (χ0v) is 5.99. The first-order chi connectivity index (χ1) is 5.33. The molecule has 0 aromatic carbocycles. The van der Waals surface area contributed by atoms with Gasteiger partial charge in [0.15, 0.2) is 0 Å². The van der Waals surface area contributed by atoms with E-state index in [2.05, 4.69) is 14.7 Å². The van der Waals surface area contributed by atoms with Gasteiger partial charge in [0.1, 0.15) is 6.61 Å². The molecule has 6 nitrogen and oxygen atoms in total. The van der Waals surface area contributed by atoms with E-state index in [0.29, 0.717) is 19.0 Å². The average molecular weight is 158 g/mol. The Balaban J connectivity index is 2.27. The molecule has 1 aromatic heterocycles. The van der Waals surface area contributed by atoms with Crippen LogP contribution in [0, 0.1) is 0 Å². The molecule has 0 aliphatic heterocycles. The lowest BCUT2D eigenvalue weighted by Crippen LogP contribution is -2.08. The third kappa shape index (κ3) is 2.52. The first-order valence-electron chi connectivity index (χ1n) is 3.19. The third-order valence-electron chi connectivity index (χ3n) is 0.972. The van der Waals surface area contributed by atoms with E-state index in [0.717, 1.165) is 0 Å². The Labute approximate surface area is 63.5 Å². The number of ether oxygens (including phenoxy) is 1. The highest BCUT2D eigenvalue weighted by Gasteiger charge is 2.01. The van der Waals surface area contributed by atoms with E-state index < -0.39 is 0 Å². The van der Waals surface area contributed by atoms with Crippen molar-refractivity contribution >= 4 is 5.95 Å². The molecule has 1 aromatic rings. The second-order valence-corrected chi connectivity index (χ2v) is 1.89. The SMILES string of the molecule is NCCOCc1nc(N)no1. The number of rotatable bonds is 4. The Kier molecular flexibility index (Phi) is 2.82. The van der Waals surface area contributed by atoms with Crippen molar-refractivity contribution in [2.24, 2.45) is 5.73 Å². The predicted octanol–water partition coefficient (Wildman–Crippen LogP) is -0.873. The molecule has 0 aliphatic carbocycles. The van der Waals surface area contributed by atoms with Crippen LogP contribution >= 0.6 is 0 Å². The summed E-state index contributed by atoms with van der Waals surface area (Å²) in [6.45, 7) is 1.22. The number of nitrogen functional groups attached to an aromatic ring is 1. The van der Waals surface area contributed by atoms with E-state index in [9.17, 15) is 0 Å². The Morgan fingerprint density at radius 3 is 2.91 bits per heavy atom. The molecule has 0 aliphatic rings. The standard InChI is InChI=1S/C5H10N4O2/c6-1-2-10-3-4-8-5(7)9-11-4/h1-3,6H2,(H2,7,9). The molecule has 0 unspecified atom stereocenters. The lowest BCUT2D eigenvalue weighted by molar-refractivity contribution is 0.104. The van der Waals surface area contributed by atoms with Crippen molar-refractivity contribution in [2.75, 3.05) is 18.9 Å². The molecule has 11 heavy (non-hydrogen) atoms. The summed E-state index contributed by atoms with van der Waals surface area (Å²) in [6, 6.07) is 0. The molecule has 0 spiro atoms. The molecule has 1 rings (SSSR count). The summed E-state index contributed by atoms with van der Waals surface area (Å²) in [5.41, 5.74) is 10.4. The van der Waals surface area contributed by atoms with Gasteiger partial charge in [-0.15, -0.1) is 0 Å². The summed E-state index contributed by atoms with van der Waals surface area (Å²) in [5, 5.41) is 3.38. The summed E-state index contributed by atoms with van der Waals surface area (Å²) >= 11 is 0. The van der Waals surface area contributed by atoms with Gasteiger partial charge in [-0.05, 0) is 5.16 Å². The van der Waals surface area contributed by atoms with Crippen LogP contribution in [0.5, 0.6) is 0 Å². The second kappa shape index (κ2) is 3.89. The monoisotopic (exact) mass is 158 g/mol. The van der Waals surface area contributed by atoms with Gasteiger partial charge in [-0.2, -0.15) is 4.98 Å². The lowest BCUT2D eigenvalue weighted by atomic mass is 10.7. The Morgan fingerprint density at radius 1 is 1.55 bits per heavy atom. The van der Waals surface area contributed by atoms with Gasteiger partial charge in [-0.1, -0.05) is 0 Å². The fourth-order valence-corrected chi connectivity index (χ4v) is 0.569. The maximum atomic E-state index is 5.19. The van der Waals surface area contributed by atoms with E-state index in [1.807, 2.05) is 0 Å². The van der Waals surface area contributed by atoms with Gasteiger partial charge in [0.2, 0.25) is 0 Å². The highest BCUT2D eigenvalue weighted by Crippen LogP contribution is 1.98. The summed E-state index contributed by atoms with van der Waals surface area (Å²) in [4.78, 5) is 3.72. The number of hydrogen-bond donors (Lipinski definition) is 2. The molecule has 0 amide bonds. The van der Waals surface area contributed by atoms with E-state index in [4.69, 9.17) is 16.2 Å². The zero-order valence-electron chi connectivity index (χ0n) is 5.99. The van der Waals surface area contributed by atoms with Crippen LogP contribution < -0.4 is 11.5 Å². The second-order valence-electron chi connectivity index (χ2n) is 1.89. The molecular weight excluding hydrogens is 148 g/mol. The fraction of sp³-hybridized carbons (Fsp3) is 0.600. The van der Waals surface area contributed by atoms with E-state index in [1.165, 1.54) is 0 Å². The highest BCUT2D eigenvalue weighted by atomic mass is 16.5. The fourth-order valence-electron chi connectivity index (χ4n) is 0.569. The van der Waals surface area contributed by atoms with Crippen molar-refractivity contribution in [3.05, 3.63) is 5.89 Å². The molecule has 62 valence electrons. The van der Waals surface area contributed by atoms with Gasteiger partial charge < -0.3 is 20.7 Å². The highest BCUT2D eigenvalue weighted by molar-refractivity contribution is 5.09. The molecule has 0 saturated heterocycles. The zero-order chi connectivity index (χ0) is 8.10. The molecule has 0 atom stereocenters. The van der Waals surface area contributed by atoms with Gasteiger partial charge >= 0.3 is 0 Å². The van der Waals surface area contributed by atoms with Crippen LogP contribution in [0.3, 0.4) is 0 Å². The summed E-state index contributed by atoms with van der Waals surface area (Å²) in [6.07, 6.45) is 0. The van der Waals surface area contributed by atoms with Crippen LogP contribution in [0.15, 0.2) is 4.52 Å². The molecule has 6 heteroatoms. The number of nitrogens with two attached hydrogens (primary N) is 2. The smallest absolute Gasteiger partial charge is 0.260 e. The first-order valence-corrected chi connectivity index (χ1v) is 3.19. The summed E-state index contributed by atoms with van der Waals surface area (Å²) in [5.74, 6) is 0.493.